The normalized spacial score (nSPS) is 14.9. The standard InChI is InChI=1S/C33H38N6O3/c34-13-4-16-39(33(41)38-17-19-42-20-18-38)24-26-5-3-6-28(21-26)29-11-12-31(37-14-1-2-15-37)30(22-29)36-32(40)27-9-7-25(23-35)8-10-27/h3,5-12,21-22H,1-2,4,13-20,24,34H2,(H,36,40). The van der Waals surface area contributed by atoms with Crippen molar-refractivity contribution in [3.8, 4) is 17.2 Å². The molecule has 2 heterocycles. The second kappa shape index (κ2) is 14.0. The summed E-state index contributed by atoms with van der Waals surface area (Å²) in [5.74, 6) is -0.219. The Morgan fingerprint density at radius 3 is 2.40 bits per heavy atom. The Labute approximate surface area is 247 Å². The van der Waals surface area contributed by atoms with Gasteiger partial charge >= 0.3 is 6.03 Å². The van der Waals surface area contributed by atoms with Crippen LogP contribution in [0.15, 0.2) is 66.7 Å². The van der Waals surface area contributed by atoms with Crippen LogP contribution in [0.2, 0.25) is 0 Å². The Balaban J connectivity index is 1.39. The number of morpholine rings is 1. The predicted molar refractivity (Wildman–Crippen MR) is 164 cm³/mol. The Morgan fingerprint density at radius 1 is 0.952 bits per heavy atom. The molecule has 5 rings (SSSR count). The molecule has 3 N–H and O–H groups in total. The van der Waals surface area contributed by atoms with Gasteiger partial charge in [-0.3, -0.25) is 4.79 Å². The average Bonchev–Trinajstić information content (AvgIpc) is 3.58. The fourth-order valence-electron chi connectivity index (χ4n) is 5.49. The first-order chi connectivity index (χ1) is 20.6. The van der Waals surface area contributed by atoms with Crippen molar-refractivity contribution in [1.29, 1.82) is 5.26 Å². The van der Waals surface area contributed by atoms with E-state index in [0.717, 1.165) is 60.4 Å². The summed E-state index contributed by atoms with van der Waals surface area (Å²) in [5.41, 5.74) is 11.6. The van der Waals surface area contributed by atoms with Gasteiger partial charge in [-0.2, -0.15) is 5.26 Å². The molecule has 2 aliphatic rings. The summed E-state index contributed by atoms with van der Waals surface area (Å²) in [6.45, 7) is 5.80. The highest BCUT2D eigenvalue weighted by atomic mass is 16.5. The molecule has 0 bridgehead atoms. The number of nitrogens with zero attached hydrogens (tertiary/aromatic N) is 4. The molecular weight excluding hydrogens is 528 g/mol. The van der Waals surface area contributed by atoms with Gasteiger partial charge < -0.3 is 30.5 Å². The summed E-state index contributed by atoms with van der Waals surface area (Å²) in [7, 11) is 0. The fraction of sp³-hybridized carbons (Fsp3) is 0.364. The Bertz CT molecular complexity index is 1420. The van der Waals surface area contributed by atoms with Crippen molar-refractivity contribution in [3.63, 3.8) is 0 Å². The molecule has 0 aromatic heterocycles. The van der Waals surface area contributed by atoms with Crippen LogP contribution in [0.25, 0.3) is 11.1 Å². The molecule has 218 valence electrons. The first kappa shape index (κ1) is 29.1. The minimum atomic E-state index is -0.219. The number of carbonyl (C=O) groups is 2. The summed E-state index contributed by atoms with van der Waals surface area (Å²) in [6, 6.07) is 23.2. The molecule has 3 aromatic carbocycles. The number of hydrogen-bond donors (Lipinski definition) is 2. The lowest BCUT2D eigenvalue weighted by molar-refractivity contribution is 0.0425. The van der Waals surface area contributed by atoms with Gasteiger partial charge in [-0.15, -0.1) is 0 Å². The Morgan fingerprint density at radius 2 is 1.69 bits per heavy atom. The van der Waals surface area contributed by atoms with E-state index in [4.69, 9.17) is 15.7 Å². The van der Waals surface area contributed by atoms with Crippen LogP contribution >= 0.6 is 0 Å². The number of benzene rings is 3. The topological polar surface area (TPSA) is 115 Å². The van der Waals surface area contributed by atoms with Gasteiger partial charge in [0, 0.05) is 44.8 Å². The van der Waals surface area contributed by atoms with Crippen molar-refractivity contribution in [2.75, 3.05) is 62.7 Å². The van der Waals surface area contributed by atoms with Gasteiger partial charge in [0.05, 0.1) is 36.2 Å². The fourth-order valence-corrected chi connectivity index (χ4v) is 5.49. The second-order valence-corrected chi connectivity index (χ2v) is 10.7. The maximum atomic E-state index is 13.3. The van der Waals surface area contributed by atoms with Gasteiger partial charge in [-0.25, -0.2) is 4.79 Å². The third-order valence-electron chi connectivity index (χ3n) is 7.79. The van der Waals surface area contributed by atoms with Crippen molar-refractivity contribution >= 4 is 23.3 Å². The monoisotopic (exact) mass is 566 g/mol. The number of urea groups is 1. The Kier molecular flexibility index (Phi) is 9.70. The number of nitriles is 1. The highest BCUT2D eigenvalue weighted by Gasteiger charge is 2.23. The van der Waals surface area contributed by atoms with E-state index in [1.807, 2.05) is 28.0 Å². The van der Waals surface area contributed by atoms with Crippen molar-refractivity contribution in [3.05, 3.63) is 83.4 Å². The maximum absolute atomic E-state index is 13.3. The van der Waals surface area contributed by atoms with Gasteiger partial charge in [-0.05, 0) is 85.0 Å². The highest BCUT2D eigenvalue weighted by molar-refractivity contribution is 6.06. The minimum absolute atomic E-state index is 0.0138. The number of rotatable bonds is 9. The number of nitrogens with one attached hydrogen (secondary N) is 1. The van der Waals surface area contributed by atoms with Crippen LogP contribution in [0.4, 0.5) is 16.2 Å². The number of hydrogen-bond acceptors (Lipinski definition) is 6. The second-order valence-electron chi connectivity index (χ2n) is 10.7. The largest absolute Gasteiger partial charge is 0.378 e. The molecule has 0 spiro atoms. The van der Waals surface area contributed by atoms with Gasteiger partial charge in [0.15, 0.2) is 0 Å². The van der Waals surface area contributed by atoms with Crippen molar-refractivity contribution in [2.45, 2.75) is 25.8 Å². The van der Waals surface area contributed by atoms with Gasteiger partial charge in [0.2, 0.25) is 0 Å². The molecule has 0 atom stereocenters. The first-order valence-corrected chi connectivity index (χ1v) is 14.7. The smallest absolute Gasteiger partial charge is 0.320 e. The molecule has 0 aliphatic carbocycles. The van der Waals surface area contributed by atoms with Crippen LogP contribution in [0.3, 0.4) is 0 Å². The van der Waals surface area contributed by atoms with E-state index in [1.54, 1.807) is 24.3 Å². The molecule has 2 saturated heterocycles. The lowest BCUT2D eigenvalue weighted by atomic mass is 10.0. The van der Waals surface area contributed by atoms with E-state index in [-0.39, 0.29) is 11.9 Å². The van der Waals surface area contributed by atoms with Crippen molar-refractivity contribution < 1.29 is 14.3 Å². The number of nitrogens with two attached hydrogens (primary N) is 1. The van der Waals surface area contributed by atoms with Gasteiger partial charge in [0.25, 0.3) is 5.91 Å². The molecule has 3 aromatic rings. The van der Waals surface area contributed by atoms with E-state index in [0.29, 0.717) is 57.1 Å². The molecule has 2 fully saturated rings. The van der Waals surface area contributed by atoms with Crippen molar-refractivity contribution in [2.24, 2.45) is 5.73 Å². The summed E-state index contributed by atoms with van der Waals surface area (Å²) in [6.07, 6.45) is 2.98. The maximum Gasteiger partial charge on any atom is 0.320 e. The highest BCUT2D eigenvalue weighted by Crippen LogP contribution is 2.34. The SMILES string of the molecule is N#Cc1ccc(C(=O)Nc2cc(-c3cccc(CN(CCCN)C(=O)N4CCOCC4)c3)ccc2N2CCCC2)cc1. The molecule has 42 heavy (non-hydrogen) atoms. The van der Waals surface area contributed by atoms with E-state index < -0.39 is 0 Å². The lowest BCUT2D eigenvalue weighted by Gasteiger charge is -2.33. The Hall–Kier alpha value is -4.39. The van der Waals surface area contributed by atoms with Crippen LogP contribution in [0.1, 0.15) is 40.7 Å². The molecule has 9 nitrogen and oxygen atoms in total. The minimum Gasteiger partial charge on any atom is -0.378 e. The van der Waals surface area contributed by atoms with E-state index in [2.05, 4.69) is 40.6 Å². The zero-order valence-electron chi connectivity index (χ0n) is 23.9. The van der Waals surface area contributed by atoms with E-state index in [9.17, 15) is 9.59 Å². The third kappa shape index (κ3) is 7.08. The summed E-state index contributed by atoms with van der Waals surface area (Å²) in [5, 5.41) is 12.2. The first-order valence-electron chi connectivity index (χ1n) is 14.7. The average molecular weight is 567 g/mol. The quantitative estimate of drug-likeness (QED) is 0.389. The molecule has 9 heteroatoms. The van der Waals surface area contributed by atoms with Crippen LogP contribution in [0.5, 0.6) is 0 Å². The van der Waals surface area contributed by atoms with E-state index >= 15 is 0 Å². The van der Waals surface area contributed by atoms with Crippen LogP contribution in [0, 0.1) is 11.3 Å². The lowest BCUT2D eigenvalue weighted by Crippen LogP contribution is -2.48. The molecule has 3 amide bonds. The number of anilines is 2. The molecule has 0 unspecified atom stereocenters. The summed E-state index contributed by atoms with van der Waals surface area (Å²) < 4.78 is 5.43. The predicted octanol–water partition coefficient (Wildman–Crippen LogP) is 4.68. The number of amides is 3. The molecule has 0 saturated carbocycles. The van der Waals surface area contributed by atoms with Crippen LogP contribution in [-0.4, -0.2) is 74.2 Å². The van der Waals surface area contributed by atoms with Crippen LogP contribution < -0.4 is 16.0 Å². The van der Waals surface area contributed by atoms with Crippen molar-refractivity contribution in [1.82, 2.24) is 9.80 Å². The summed E-state index contributed by atoms with van der Waals surface area (Å²) in [4.78, 5) is 32.6. The van der Waals surface area contributed by atoms with E-state index in [1.165, 1.54) is 0 Å². The van der Waals surface area contributed by atoms with Gasteiger partial charge in [-0.1, -0.05) is 24.3 Å². The zero-order valence-corrected chi connectivity index (χ0v) is 23.9. The summed E-state index contributed by atoms with van der Waals surface area (Å²) >= 11 is 0. The van der Waals surface area contributed by atoms with Gasteiger partial charge in [0.1, 0.15) is 0 Å². The zero-order chi connectivity index (χ0) is 29.3. The van der Waals surface area contributed by atoms with Crippen LogP contribution in [-0.2, 0) is 11.3 Å². The molecular formula is C33H38N6O3. The third-order valence-corrected chi connectivity index (χ3v) is 7.79. The number of ether oxygens (including phenoxy) is 1. The molecule has 2 aliphatic heterocycles. The molecule has 0 radical (unpaired) electrons. The number of carbonyl (C=O) groups excluding carboxylic acids is 2.